The number of benzene rings is 2. The number of nitrogens with zero attached hydrogens (tertiary/aromatic N) is 1. The quantitative estimate of drug-likeness (QED) is 0.624. The number of carbonyl (C=O) groups is 1. The standard InChI is InChI=1S/C22H23N3O3/c1-27-20-11-9-17(14-21(20)28-2)25-18-8-10-19(24-15-18)22(26)23-13-12-16-6-4-3-5-7-16/h3-11,14-15,25H,12-13H2,1-2H3,(H,23,26). The number of amides is 1. The molecule has 0 fully saturated rings. The van der Waals surface area contributed by atoms with Crippen molar-refractivity contribution >= 4 is 17.3 Å². The number of nitrogens with one attached hydrogen (secondary N) is 2. The lowest BCUT2D eigenvalue weighted by molar-refractivity contribution is 0.0949. The van der Waals surface area contributed by atoms with Gasteiger partial charge in [-0.1, -0.05) is 30.3 Å². The van der Waals surface area contributed by atoms with Gasteiger partial charge in [-0.05, 0) is 36.2 Å². The van der Waals surface area contributed by atoms with Crippen LogP contribution in [0, 0.1) is 0 Å². The number of rotatable bonds is 8. The molecule has 144 valence electrons. The second-order valence-electron chi connectivity index (χ2n) is 6.12. The van der Waals surface area contributed by atoms with E-state index in [2.05, 4.69) is 15.6 Å². The van der Waals surface area contributed by atoms with Crippen LogP contribution in [0.2, 0.25) is 0 Å². The third-order valence-electron chi connectivity index (χ3n) is 4.21. The van der Waals surface area contributed by atoms with Gasteiger partial charge < -0.3 is 20.1 Å². The van der Waals surface area contributed by atoms with Gasteiger partial charge in [-0.15, -0.1) is 0 Å². The van der Waals surface area contributed by atoms with E-state index in [-0.39, 0.29) is 5.91 Å². The number of ether oxygens (including phenoxy) is 2. The summed E-state index contributed by atoms with van der Waals surface area (Å²) in [6.45, 7) is 0.566. The highest BCUT2D eigenvalue weighted by Crippen LogP contribution is 2.30. The molecule has 2 aromatic carbocycles. The molecule has 0 saturated carbocycles. The highest BCUT2D eigenvalue weighted by molar-refractivity contribution is 5.92. The second-order valence-corrected chi connectivity index (χ2v) is 6.12. The molecule has 0 aliphatic rings. The van der Waals surface area contributed by atoms with E-state index in [1.807, 2.05) is 54.6 Å². The molecule has 0 unspecified atom stereocenters. The first-order valence-corrected chi connectivity index (χ1v) is 8.97. The third-order valence-corrected chi connectivity index (χ3v) is 4.21. The van der Waals surface area contributed by atoms with Gasteiger partial charge in [0.15, 0.2) is 11.5 Å². The summed E-state index contributed by atoms with van der Waals surface area (Å²) in [5.41, 5.74) is 3.17. The van der Waals surface area contributed by atoms with Crippen LogP contribution >= 0.6 is 0 Å². The molecule has 0 aliphatic carbocycles. The predicted molar refractivity (Wildman–Crippen MR) is 110 cm³/mol. The van der Waals surface area contributed by atoms with E-state index in [1.165, 1.54) is 5.56 Å². The topological polar surface area (TPSA) is 72.5 Å². The Hall–Kier alpha value is -3.54. The monoisotopic (exact) mass is 377 g/mol. The van der Waals surface area contributed by atoms with Crippen molar-refractivity contribution in [3.05, 3.63) is 78.1 Å². The molecule has 1 heterocycles. The fourth-order valence-corrected chi connectivity index (χ4v) is 2.74. The summed E-state index contributed by atoms with van der Waals surface area (Å²) >= 11 is 0. The molecule has 6 nitrogen and oxygen atoms in total. The van der Waals surface area contributed by atoms with Gasteiger partial charge in [0.1, 0.15) is 5.69 Å². The first kappa shape index (κ1) is 19.2. The van der Waals surface area contributed by atoms with Crippen molar-refractivity contribution < 1.29 is 14.3 Å². The van der Waals surface area contributed by atoms with Gasteiger partial charge in [0, 0.05) is 18.3 Å². The van der Waals surface area contributed by atoms with Gasteiger partial charge in [-0.3, -0.25) is 4.79 Å². The average Bonchev–Trinajstić information content (AvgIpc) is 2.75. The summed E-state index contributed by atoms with van der Waals surface area (Å²) < 4.78 is 10.5. The van der Waals surface area contributed by atoms with Crippen LogP contribution < -0.4 is 20.1 Å². The van der Waals surface area contributed by atoms with E-state index in [9.17, 15) is 4.79 Å². The van der Waals surface area contributed by atoms with Crippen molar-refractivity contribution in [1.29, 1.82) is 0 Å². The maximum absolute atomic E-state index is 12.2. The Morgan fingerprint density at radius 1 is 0.929 bits per heavy atom. The summed E-state index contributed by atoms with van der Waals surface area (Å²) in [7, 11) is 3.19. The van der Waals surface area contributed by atoms with Crippen molar-refractivity contribution in [3.63, 3.8) is 0 Å². The van der Waals surface area contributed by atoms with Gasteiger partial charge in [0.25, 0.3) is 5.91 Å². The minimum atomic E-state index is -0.186. The lowest BCUT2D eigenvalue weighted by Gasteiger charge is -2.11. The first-order chi connectivity index (χ1) is 13.7. The first-order valence-electron chi connectivity index (χ1n) is 8.97. The van der Waals surface area contributed by atoms with Crippen molar-refractivity contribution in [1.82, 2.24) is 10.3 Å². The minimum Gasteiger partial charge on any atom is -0.493 e. The number of hydrogen-bond acceptors (Lipinski definition) is 5. The highest BCUT2D eigenvalue weighted by atomic mass is 16.5. The Balaban J connectivity index is 1.56. The lowest BCUT2D eigenvalue weighted by atomic mass is 10.1. The van der Waals surface area contributed by atoms with Crippen LogP contribution in [-0.4, -0.2) is 31.7 Å². The van der Waals surface area contributed by atoms with Gasteiger partial charge in [-0.25, -0.2) is 4.98 Å². The molecule has 3 aromatic rings. The molecule has 28 heavy (non-hydrogen) atoms. The fraction of sp³-hybridized carbons (Fsp3) is 0.182. The molecule has 0 spiro atoms. The van der Waals surface area contributed by atoms with E-state index in [1.54, 1.807) is 26.5 Å². The maximum Gasteiger partial charge on any atom is 0.269 e. The van der Waals surface area contributed by atoms with Crippen molar-refractivity contribution in [2.45, 2.75) is 6.42 Å². The molecule has 1 aromatic heterocycles. The van der Waals surface area contributed by atoms with Crippen molar-refractivity contribution in [2.75, 3.05) is 26.1 Å². The number of aromatic nitrogens is 1. The molecule has 2 N–H and O–H groups in total. The molecular weight excluding hydrogens is 354 g/mol. The van der Waals surface area contributed by atoms with Crippen LogP contribution in [-0.2, 0) is 6.42 Å². The van der Waals surface area contributed by atoms with Crippen LogP contribution in [0.5, 0.6) is 11.5 Å². The highest BCUT2D eigenvalue weighted by Gasteiger charge is 2.08. The number of methoxy groups -OCH3 is 2. The molecule has 0 saturated heterocycles. The zero-order chi connectivity index (χ0) is 19.8. The molecule has 1 amide bonds. The van der Waals surface area contributed by atoms with Gasteiger partial charge in [-0.2, -0.15) is 0 Å². The van der Waals surface area contributed by atoms with E-state index in [0.717, 1.165) is 17.8 Å². The Bertz CT molecular complexity index is 912. The third kappa shape index (κ3) is 5.01. The zero-order valence-electron chi connectivity index (χ0n) is 15.9. The Morgan fingerprint density at radius 3 is 2.36 bits per heavy atom. The van der Waals surface area contributed by atoms with E-state index < -0.39 is 0 Å². The number of anilines is 2. The van der Waals surface area contributed by atoms with Crippen LogP contribution in [0.1, 0.15) is 16.1 Å². The maximum atomic E-state index is 12.2. The Kier molecular flexibility index (Phi) is 6.46. The second kappa shape index (κ2) is 9.41. The van der Waals surface area contributed by atoms with Crippen molar-refractivity contribution in [3.8, 4) is 11.5 Å². The number of pyridine rings is 1. The Labute approximate surface area is 164 Å². The molecular formula is C22H23N3O3. The van der Waals surface area contributed by atoms with E-state index in [0.29, 0.717) is 23.7 Å². The molecule has 0 atom stereocenters. The summed E-state index contributed by atoms with van der Waals surface area (Å²) in [5, 5.41) is 6.12. The van der Waals surface area contributed by atoms with Gasteiger partial charge in [0.05, 0.1) is 26.1 Å². The van der Waals surface area contributed by atoms with Gasteiger partial charge in [0.2, 0.25) is 0 Å². The minimum absolute atomic E-state index is 0.186. The number of carbonyl (C=O) groups excluding carboxylic acids is 1. The van der Waals surface area contributed by atoms with E-state index in [4.69, 9.17) is 9.47 Å². The SMILES string of the molecule is COc1ccc(Nc2ccc(C(=O)NCCc3ccccc3)nc2)cc1OC. The van der Waals surface area contributed by atoms with E-state index >= 15 is 0 Å². The van der Waals surface area contributed by atoms with Gasteiger partial charge >= 0.3 is 0 Å². The number of hydrogen-bond donors (Lipinski definition) is 2. The summed E-state index contributed by atoms with van der Waals surface area (Å²) in [5.74, 6) is 1.11. The smallest absolute Gasteiger partial charge is 0.269 e. The average molecular weight is 377 g/mol. The normalized spacial score (nSPS) is 10.2. The van der Waals surface area contributed by atoms with Crippen molar-refractivity contribution in [2.24, 2.45) is 0 Å². The van der Waals surface area contributed by atoms with Crippen LogP contribution in [0.4, 0.5) is 11.4 Å². The fourth-order valence-electron chi connectivity index (χ4n) is 2.74. The molecule has 0 radical (unpaired) electrons. The predicted octanol–water partition coefficient (Wildman–Crippen LogP) is 3.81. The molecule has 3 rings (SSSR count). The van der Waals surface area contributed by atoms with Crippen LogP contribution in [0.15, 0.2) is 66.9 Å². The molecule has 6 heteroatoms. The van der Waals surface area contributed by atoms with Crippen LogP contribution in [0.25, 0.3) is 0 Å². The largest absolute Gasteiger partial charge is 0.493 e. The van der Waals surface area contributed by atoms with Crippen LogP contribution in [0.3, 0.4) is 0 Å². The zero-order valence-corrected chi connectivity index (χ0v) is 15.9. The summed E-state index contributed by atoms with van der Waals surface area (Å²) in [4.78, 5) is 16.5. The summed E-state index contributed by atoms with van der Waals surface area (Å²) in [6.07, 6.45) is 2.41. The molecule has 0 aliphatic heterocycles. The lowest BCUT2D eigenvalue weighted by Crippen LogP contribution is -2.26. The Morgan fingerprint density at radius 2 is 1.68 bits per heavy atom. The molecule has 0 bridgehead atoms. The summed E-state index contributed by atoms with van der Waals surface area (Å²) in [6, 6.07) is 19.1.